The number of benzene rings is 1. The van der Waals surface area contributed by atoms with Crippen LogP contribution in [-0.2, 0) is 6.54 Å². The summed E-state index contributed by atoms with van der Waals surface area (Å²) < 4.78 is 5.40. The molecule has 1 saturated carbocycles. The minimum atomic E-state index is 0.770. The van der Waals surface area contributed by atoms with Gasteiger partial charge in [-0.15, -0.1) is 0 Å². The molecule has 0 saturated heterocycles. The van der Waals surface area contributed by atoms with Gasteiger partial charge in [0.15, 0.2) is 0 Å². The van der Waals surface area contributed by atoms with Crippen molar-refractivity contribution in [2.24, 2.45) is 5.73 Å². The van der Waals surface area contributed by atoms with Gasteiger partial charge in [-0.25, -0.2) is 0 Å². The molecule has 0 atom stereocenters. The zero-order valence-electron chi connectivity index (χ0n) is 10.6. The molecular weight excluding hydrogens is 212 g/mol. The molecule has 0 heterocycles. The summed E-state index contributed by atoms with van der Waals surface area (Å²) in [7, 11) is 1.74. The van der Waals surface area contributed by atoms with Crippen LogP contribution in [0.25, 0.3) is 0 Å². The van der Waals surface area contributed by atoms with Gasteiger partial charge in [0.05, 0.1) is 7.11 Å². The maximum atomic E-state index is 5.60. The van der Waals surface area contributed by atoms with Gasteiger partial charge in [-0.3, -0.25) is 4.90 Å². The molecule has 0 unspecified atom stereocenters. The van der Waals surface area contributed by atoms with Crippen molar-refractivity contribution in [3.05, 3.63) is 29.8 Å². The molecule has 17 heavy (non-hydrogen) atoms. The lowest BCUT2D eigenvalue weighted by Gasteiger charge is -2.22. The van der Waals surface area contributed by atoms with Crippen LogP contribution in [0.3, 0.4) is 0 Å². The molecule has 94 valence electrons. The Labute approximate surface area is 104 Å². The fraction of sp³-hybridized carbons (Fsp3) is 0.571. The predicted octanol–water partition coefficient (Wildman–Crippen LogP) is 2.01. The Hall–Kier alpha value is -1.06. The number of hydrogen-bond acceptors (Lipinski definition) is 3. The van der Waals surface area contributed by atoms with E-state index in [9.17, 15) is 0 Å². The first-order valence-electron chi connectivity index (χ1n) is 6.41. The molecule has 0 amide bonds. The number of para-hydroxylation sites is 1. The highest BCUT2D eigenvalue weighted by molar-refractivity contribution is 5.33. The van der Waals surface area contributed by atoms with Gasteiger partial charge in [-0.05, 0) is 38.4 Å². The third-order valence-electron chi connectivity index (χ3n) is 3.28. The van der Waals surface area contributed by atoms with Crippen LogP contribution in [-0.4, -0.2) is 31.1 Å². The third kappa shape index (κ3) is 3.45. The highest BCUT2D eigenvalue weighted by atomic mass is 16.5. The predicted molar refractivity (Wildman–Crippen MR) is 70.1 cm³/mol. The molecule has 0 radical (unpaired) electrons. The molecule has 1 aromatic carbocycles. The van der Waals surface area contributed by atoms with Gasteiger partial charge in [0.2, 0.25) is 0 Å². The van der Waals surface area contributed by atoms with Crippen LogP contribution in [0.4, 0.5) is 0 Å². The molecule has 0 spiro atoms. The minimum absolute atomic E-state index is 0.770. The minimum Gasteiger partial charge on any atom is -0.496 e. The Morgan fingerprint density at radius 3 is 2.76 bits per heavy atom. The van der Waals surface area contributed by atoms with Crippen molar-refractivity contribution in [3.8, 4) is 5.75 Å². The van der Waals surface area contributed by atoms with Crippen molar-refractivity contribution in [1.82, 2.24) is 4.90 Å². The highest BCUT2D eigenvalue weighted by Crippen LogP contribution is 2.30. The summed E-state index contributed by atoms with van der Waals surface area (Å²) >= 11 is 0. The third-order valence-corrected chi connectivity index (χ3v) is 3.28. The first kappa shape index (κ1) is 12.4. The normalized spacial score (nSPS) is 15.2. The van der Waals surface area contributed by atoms with Crippen LogP contribution in [0.1, 0.15) is 24.8 Å². The van der Waals surface area contributed by atoms with Crippen LogP contribution in [0.2, 0.25) is 0 Å². The summed E-state index contributed by atoms with van der Waals surface area (Å²) in [4.78, 5) is 2.53. The van der Waals surface area contributed by atoms with Crippen LogP contribution < -0.4 is 10.5 Å². The second kappa shape index (κ2) is 6.03. The van der Waals surface area contributed by atoms with Crippen molar-refractivity contribution >= 4 is 0 Å². The second-order valence-corrected chi connectivity index (χ2v) is 4.66. The molecule has 1 fully saturated rings. The van der Waals surface area contributed by atoms with Crippen molar-refractivity contribution in [2.75, 3.05) is 20.2 Å². The molecule has 0 aromatic heterocycles. The average molecular weight is 234 g/mol. The van der Waals surface area contributed by atoms with Crippen molar-refractivity contribution in [3.63, 3.8) is 0 Å². The van der Waals surface area contributed by atoms with Gasteiger partial charge in [0, 0.05) is 18.2 Å². The number of methoxy groups -OCH3 is 1. The quantitative estimate of drug-likeness (QED) is 0.784. The number of rotatable bonds is 7. The molecule has 2 rings (SSSR count). The lowest BCUT2D eigenvalue weighted by atomic mass is 10.2. The van der Waals surface area contributed by atoms with E-state index in [1.54, 1.807) is 7.11 Å². The fourth-order valence-corrected chi connectivity index (χ4v) is 2.18. The highest BCUT2D eigenvalue weighted by Gasteiger charge is 2.28. The maximum absolute atomic E-state index is 5.60. The summed E-state index contributed by atoms with van der Waals surface area (Å²) in [5, 5.41) is 0. The lowest BCUT2D eigenvalue weighted by molar-refractivity contribution is 0.249. The Bertz CT molecular complexity index is 350. The van der Waals surface area contributed by atoms with E-state index in [-0.39, 0.29) is 0 Å². The van der Waals surface area contributed by atoms with E-state index in [1.807, 2.05) is 12.1 Å². The number of nitrogens with two attached hydrogens (primary N) is 1. The maximum Gasteiger partial charge on any atom is 0.123 e. The van der Waals surface area contributed by atoms with Gasteiger partial charge < -0.3 is 10.5 Å². The monoisotopic (exact) mass is 234 g/mol. The average Bonchev–Trinajstić information content (AvgIpc) is 3.19. The van der Waals surface area contributed by atoms with Gasteiger partial charge in [-0.1, -0.05) is 18.2 Å². The number of ether oxygens (including phenoxy) is 1. The lowest BCUT2D eigenvalue weighted by Crippen LogP contribution is -2.28. The van der Waals surface area contributed by atoms with Gasteiger partial charge in [0.1, 0.15) is 5.75 Å². The van der Waals surface area contributed by atoms with Gasteiger partial charge >= 0.3 is 0 Å². The van der Waals surface area contributed by atoms with Crippen molar-refractivity contribution in [1.29, 1.82) is 0 Å². The molecule has 1 aliphatic rings. The second-order valence-electron chi connectivity index (χ2n) is 4.66. The van der Waals surface area contributed by atoms with E-state index in [1.165, 1.54) is 18.4 Å². The topological polar surface area (TPSA) is 38.5 Å². The summed E-state index contributed by atoms with van der Waals surface area (Å²) in [5.74, 6) is 0.992. The number of nitrogens with zero attached hydrogens (tertiary/aromatic N) is 1. The molecule has 0 bridgehead atoms. The van der Waals surface area contributed by atoms with Gasteiger partial charge in [-0.2, -0.15) is 0 Å². The van der Waals surface area contributed by atoms with E-state index in [2.05, 4.69) is 17.0 Å². The molecule has 3 nitrogen and oxygen atoms in total. The molecule has 1 aromatic rings. The van der Waals surface area contributed by atoms with Crippen LogP contribution in [0.5, 0.6) is 5.75 Å². The van der Waals surface area contributed by atoms with Crippen LogP contribution >= 0.6 is 0 Å². The van der Waals surface area contributed by atoms with Crippen LogP contribution in [0.15, 0.2) is 24.3 Å². The van der Waals surface area contributed by atoms with E-state index < -0.39 is 0 Å². The van der Waals surface area contributed by atoms with Crippen molar-refractivity contribution in [2.45, 2.75) is 31.8 Å². The summed E-state index contributed by atoms with van der Waals surface area (Å²) in [6.45, 7) is 2.85. The Morgan fingerprint density at radius 2 is 2.12 bits per heavy atom. The molecular formula is C14H22N2O. The molecule has 2 N–H and O–H groups in total. The van der Waals surface area contributed by atoms with Crippen LogP contribution in [0, 0.1) is 0 Å². The summed E-state index contributed by atoms with van der Waals surface area (Å²) in [6, 6.07) is 9.04. The first-order chi connectivity index (χ1) is 8.35. The Kier molecular flexibility index (Phi) is 4.40. The number of hydrogen-bond donors (Lipinski definition) is 1. The largest absolute Gasteiger partial charge is 0.496 e. The standard InChI is InChI=1S/C14H22N2O/c1-17-14-6-3-2-5-12(14)11-16(10-4-9-15)13-7-8-13/h2-3,5-6,13H,4,7-11,15H2,1H3. The smallest absolute Gasteiger partial charge is 0.123 e. The summed E-state index contributed by atoms with van der Waals surface area (Å²) in [6.07, 6.45) is 3.74. The van der Waals surface area contributed by atoms with E-state index >= 15 is 0 Å². The first-order valence-corrected chi connectivity index (χ1v) is 6.41. The SMILES string of the molecule is COc1ccccc1CN(CCCN)C1CC1. The van der Waals surface area contributed by atoms with E-state index in [0.29, 0.717) is 0 Å². The molecule has 3 heteroatoms. The molecule has 0 aliphatic heterocycles. The Morgan fingerprint density at radius 1 is 1.35 bits per heavy atom. The van der Waals surface area contributed by atoms with Gasteiger partial charge in [0.25, 0.3) is 0 Å². The summed E-state index contributed by atoms with van der Waals surface area (Å²) in [5.41, 5.74) is 6.87. The van der Waals surface area contributed by atoms with E-state index in [4.69, 9.17) is 10.5 Å². The zero-order valence-corrected chi connectivity index (χ0v) is 10.6. The van der Waals surface area contributed by atoms with E-state index in [0.717, 1.165) is 37.8 Å². The fourth-order valence-electron chi connectivity index (χ4n) is 2.18. The van der Waals surface area contributed by atoms with Crippen molar-refractivity contribution < 1.29 is 4.74 Å². The zero-order chi connectivity index (χ0) is 12.1. The Balaban J connectivity index is 2.00. The molecule has 1 aliphatic carbocycles.